The monoisotopic (exact) mass is 272 g/mol. The summed E-state index contributed by atoms with van der Waals surface area (Å²) in [6.45, 7) is 2.37. The van der Waals surface area contributed by atoms with E-state index in [0.717, 1.165) is 5.56 Å². The van der Waals surface area contributed by atoms with Gasteiger partial charge in [0.2, 0.25) is 0 Å². The Morgan fingerprint density at radius 2 is 1.90 bits per heavy atom. The van der Waals surface area contributed by atoms with Gasteiger partial charge in [0.05, 0.1) is 6.61 Å². The van der Waals surface area contributed by atoms with Gasteiger partial charge in [-0.05, 0) is 30.7 Å². The quantitative estimate of drug-likeness (QED) is 0.849. The second-order valence-electron chi connectivity index (χ2n) is 4.17. The number of esters is 1. The van der Waals surface area contributed by atoms with E-state index in [1.54, 1.807) is 13.0 Å². The Labute approximate surface area is 117 Å². The molecule has 0 unspecified atom stereocenters. The number of ether oxygens (including phenoxy) is 2. The second-order valence-corrected chi connectivity index (χ2v) is 4.17. The molecular formula is C16H16O4. The molecule has 0 saturated heterocycles. The molecule has 0 atom stereocenters. The first-order chi connectivity index (χ1) is 9.70. The van der Waals surface area contributed by atoms with Gasteiger partial charge in [0, 0.05) is 0 Å². The normalized spacial score (nSPS) is 10.1. The van der Waals surface area contributed by atoms with Crippen molar-refractivity contribution in [1.29, 1.82) is 0 Å². The number of benzene rings is 2. The molecule has 0 aliphatic rings. The lowest BCUT2D eigenvalue weighted by Crippen LogP contribution is -2.05. The maximum Gasteiger partial charge on any atom is 0.342 e. The zero-order chi connectivity index (χ0) is 14.4. The van der Waals surface area contributed by atoms with E-state index in [9.17, 15) is 9.90 Å². The number of rotatable bonds is 5. The highest BCUT2D eigenvalue weighted by Gasteiger charge is 2.13. The molecule has 4 nitrogen and oxygen atoms in total. The highest BCUT2D eigenvalue weighted by atomic mass is 16.5. The third-order valence-electron chi connectivity index (χ3n) is 2.71. The Morgan fingerprint density at radius 3 is 2.60 bits per heavy atom. The number of carbonyl (C=O) groups is 1. The zero-order valence-electron chi connectivity index (χ0n) is 11.2. The number of hydrogen-bond donors (Lipinski definition) is 1. The fourth-order valence-electron chi connectivity index (χ4n) is 1.72. The smallest absolute Gasteiger partial charge is 0.342 e. The molecule has 0 radical (unpaired) electrons. The SMILES string of the molecule is CCOC(=O)c1cc(OCc2ccccc2)ccc1O. The van der Waals surface area contributed by atoms with Crippen LogP contribution >= 0.6 is 0 Å². The number of phenolic OH excluding ortho intramolecular Hbond substituents is 1. The van der Waals surface area contributed by atoms with E-state index in [1.165, 1.54) is 12.1 Å². The fraction of sp³-hybridized carbons (Fsp3) is 0.188. The molecule has 0 heterocycles. The van der Waals surface area contributed by atoms with Gasteiger partial charge in [-0.15, -0.1) is 0 Å². The largest absolute Gasteiger partial charge is 0.507 e. The van der Waals surface area contributed by atoms with Crippen LogP contribution in [-0.2, 0) is 11.3 Å². The van der Waals surface area contributed by atoms with E-state index in [2.05, 4.69) is 0 Å². The summed E-state index contributed by atoms with van der Waals surface area (Å²) in [5.74, 6) is -0.166. The van der Waals surface area contributed by atoms with E-state index in [-0.39, 0.29) is 17.9 Å². The molecule has 2 aromatic rings. The van der Waals surface area contributed by atoms with Crippen LogP contribution in [0.3, 0.4) is 0 Å². The molecule has 2 rings (SSSR count). The molecule has 2 aromatic carbocycles. The minimum absolute atomic E-state index is 0.109. The molecule has 0 bridgehead atoms. The summed E-state index contributed by atoms with van der Waals surface area (Å²) in [4.78, 5) is 11.7. The van der Waals surface area contributed by atoms with Gasteiger partial charge in [0.1, 0.15) is 23.7 Å². The summed E-state index contributed by atoms with van der Waals surface area (Å²) in [6.07, 6.45) is 0. The van der Waals surface area contributed by atoms with Crippen LogP contribution in [0.4, 0.5) is 0 Å². The van der Waals surface area contributed by atoms with Crippen LogP contribution in [0.2, 0.25) is 0 Å². The van der Waals surface area contributed by atoms with Gasteiger partial charge in [-0.3, -0.25) is 0 Å². The molecule has 0 spiro atoms. The predicted octanol–water partition coefficient (Wildman–Crippen LogP) is 3.15. The first kappa shape index (κ1) is 13.9. The van der Waals surface area contributed by atoms with Crippen molar-refractivity contribution in [2.24, 2.45) is 0 Å². The van der Waals surface area contributed by atoms with Gasteiger partial charge >= 0.3 is 5.97 Å². The summed E-state index contributed by atoms with van der Waals surface area (Å²) in [7, 11) is 0. The van der Waals surface area contributed by atoms with Gasteiger partial charge in [-0.2, -0.15) is 0 Å². The van der Waals surface area contributed by atoms with Gasteiger partial charge in [-0.25, -0.2) is 4.79 Å². The van der Waals surface area contributed by atoms with Crippen molar-refractivity contribution in [3.8, 4) is 11.5 Å². The Balaban J connectivity index is 2.09. The maximum atomic E-state index is 11.7. The number of hydrogen-bond acceptors (Lipinski definition) is 4. The first-order valence-electron chi connectivity index (χ1n) is 6.37. The molecule has 20 heavy (non-hydrogen) atoms. The fourth-order valence-corrected chi connectivity index (χ4v) is 1.72. The molecule has 0 aliphatic heterocycles. The summed E-state index contributed by atoms with van der Waals surface area (Å²) >= 11 is 0. The first-order valence-corrected chi connectivity index (χ1v) is 6.37. The lowest BCUT2D eigenvalue weighted by molar-refractivity contribution is 0.0522. The maximum absolute atomic E-state index is 11.7. The third-order valence-corrected chi connectivity index (χ3v) is 2.71. The van der Waals surface area contributed by atoms with Crippen molar-refractivity contribution in [2.75, 3.05) is 6.61 Å². The molecule has 0 aromatic heterocycles. The van der Waals surface area contributed by atoms with E-state index in [0.29, 0.717) is 12.4 Å². The molecule has 4 heteroatoms. The summed E-state index contributed by atoms with van der Waals surface area (Å²) in [6, 6.07) is 14.2. The Bertz CT molecular complexity index is 578. The van der Waals surface area contributed by atoms with Crippen LogP contribution in [0.25, 0.3) is 0 Å². The molecule has 0 saturated carbocycles. The third kappa shape index (κ3) is 3.51. The predicted molar refractivity (Wildman–Crippen MR) is 74.8 cm³/mol. The molecular weight excluding hydrogens is 256 g/mol. The van der Waals surface area contributed by atoms with Crippen molar-refractivity contribution < 1.29 is 19.4 Å². The lowest BCUT2D eigenvalue weighted by Gasteiger charge is -2.09. The van der Waals surface area contributed by atoms with Gasteiger partial charge in [-0.1, -0.05) is 30.3 Å². The van der Waals surface area contributed by atoms with E-state index in [4.69, 9.17) is 9.47 Å². The molecule has 104 valence electrons. The standard InChI is InChI=1S/C16H16O4/c1-2-19-16(18)14-10-13(8-9-15(14)17)20-11-12-6-4-3-5-7-12/h3-10,17H,2,11H2,1H3. The van der Waals surface area contributed by atoms with Gasteiger partial charge in [0.25, 0.3) is 0 Å². The number of phenols is 1. The van der Waals surface area contributed by atoms with Crippen molar-refractivity contribution in [3.63, 3.8) is 0 Å². The minimum atomic E-state index is -0.560. The molecule has 0 aliphatic carbocycles. The highest BCUT2D eigenvalue weighted by Crippen LogP contribution is 2.24. The number of aromatic hydroxyl groups is 1. The van der Waals surface area contributed by atoms with E-state index in [1.807, 2.05) is 30.3 Å². The molecule has 0 fully saturated rings. The summed E-state index contributed by atoms with van der Waals surface area (Å²) in [5, 5.41) is 9.66. The molecule has 0 amide bonds. The Hall–Kier alpha value is -2.49. The van der Waals surface area contributed by atoms with Crippen molar-refractivity contribution in [3.05, 3.63) is 59.7 Å². The van der Waals surface area contributed by atoms with Crippen LogP contribution in [0.5, 0.6) is 11.5 Å². The van der Waals surface area contributed by atoms with Crippen molar-refractivity contribution in [2.45, 2.75) is 13.5 Å². The molecule has 1 N–H and O–H groups in total. The topological polar surface area (TPSA) is 55.8 Å². The zero-order valence-corrected chi connectivity index (χ0v) is 11.2. The second kappa shape index (κ2) is 6.61. The minimum Gasteiger partial charge on any atom is -0.507 e. The van der Waals surface area contributed by atoms with Crippen LogP contribution < -0.4 is 4.74 Å². The van der Waals surface area contributed by atoms with E-state index >= 15 is 0 Å². The summed E-state index contributed by atoms with van der Waals surface area (Å²) < 4.78 is 10.5. The van der Waals surface area contributed by atoms with E-state index < -0.39 is 5.97 Å². The van der Waals surface area contributed by atoms with Crippen LogP contribution in [0.15, 0.2) is 48.5 Å². The highest BCUT2D eigenvalue weighted by molar-refractivity contribution is 5.92. The van der Waals surface area contributed by atoms with Crippen molar-refractivity contribution >= 4 is 5.97 Å². The van der Waals surface area contributed by atoms with Crippen LogP contribution in [0.1, 0.15) is 22.8 Å². The van der Waals surface area contributed by atoms with Crippen LogP contribution in [-0.4, -0.2) is 17.7 Å². The van der Waals surface area contributed by atoms with Crippen LogP contribution in [0, 0.1) is 0 Å². The average Bonchev–Trinajstić information content (AvgIpc) is 2.47. The van der Waals surface area contributed by atoms with Crippen molar-refractivity contribution in [1.82, 2.24) is 0 Å². The Morgan fingerprint density at radius 1 is 1.15 bits per heavy atom. The Kier molecular flexibility index (Phi) is 4.60. The number of carbonyl (C=O) groups excluding carboxylic acids is 1. The van der Waals surface area contributed by atoms with Gasteiger partial charge in [0.15, 0.2) is 0 Å². The summed E-state index contributed by atoms with van der Waals surface area (Å²) in [5.41, 5.74) is 1.13. The lowest BCUT2D eigenvalue weighted by atomic mass is 10.2. The average molecular weight is 272 g/mol. The van der Waals surface area contributed by atoms with Gasteiger partial charge < -0.3 is 14.6 Å².